The number of pyridine rings is 1. The highest BCUT2D eigenvalue weighted by molar-refractivity contribution is 7.80. The molecule has 184 valence electrons. The minimum absolute atomic E-state index is 0.0545. The highest BCUT2D eigenvalue weighted by Gasteiger charge is 2.42. The van der Waals surface area contributed by atoms with Gasteiger partial charge in [0.15, 0.2) is 5.11 Å². The molecule has 0 radical (unpaired) electrons. The van der Waals surface area contributed by atoms with Crippen LogP contribution in [0.2, 0.25) is 0 Å². The van der Waals surface area contributed by atoms with Crippen molar-refractivity contribution in [2.45, 2.75) is 38.9 Å². The minimum Gasteiger partial charge on any atom is -0.508 e. The van der Waals surface area contributed by atoms with Crippen molar-refractivity contribution < 1.29 is 9.84 Å². The van der Waals surface area contributed by atoms with Gasteiger partial charge in [-0.05, 0) is 80.5 Å². The van der Waals surface area contributed by atoms with E-state index in [0.29, 0.717) is 5.11 Å². The number of phenols is 1. The van der Waals surface area contributed by atoms with Crippen molar-refractivity contribution in [1.82, 2.24) is 19.8 Å². The first-order valence-electron chi connectivity index (χ1n) is 12.3. The van der Waals surface area contributed by atoms with Gasteiger partial charge in [-0.2, -0.15) is 0 Å². The molecule has 8 heteroatoms. The summed E-state index contributed by atoms with van der Waals surface area (Å²) in [4.78, 5) is 9.31. The molecule has 7 nitrogen and oxygen atoms in total. The Kier molecular flexibility index (Phi) is 7.04. The van der Waals surface area contributed by atoms with Gasteiger partial charge in [0.05, 0.1) is 31.0 Å². The van der Waals surface area contributed by atoms with Crippen molar-refractivity contribution in [1.29, 1.82) is 0 Å². The Bertz CT molecular complexity index is 1160. The molecule has 2 aromatic heterocycles. The van der Waals surface area contributed by atoms with Crippen molar-refractivity contribution in [2.75, 3.05) is 37.7 Å². The van der Waals surface area contributed by atoms with E-state index in [1.54, 1.807) is 12.1 Å². The van der Waals surface area contributed by atoms with Crippen LogP contribution >= 0.6 is 12.2 Å². The highest BCUT2D eigenvalue weighted by atomic mass is 32.1. The molecule has 4 heterocycles. The van der Waals surface area contributed by atoms with Crippen LogP contribution in [0.3, 0.4) is 0 Å². The van der Waals surface area contributed by atoms with E-state index in [9.17, 15) is 5.11 Å². The molecule has 0 saturated carbocycles. The lowest BCUT2D eigenvalue weighted by atomic mass is 9.96. The first-order chi connectivity index (χ1) is 17.0. The molecule has 0 amide bonds. The SMILES string of the molecule is Cc1cc([C@@H]2[C@@H](c3ccccn3)NC(=S)N2c2ccc(O)cc2)c(C)n1CCCN1CCOCC1. The lowest BCUT2D eigenvalue weighted by molar-refractivity contribution is 0.0369. The van der Waals surface area contributed by atoms with Gasteiger partial charge < -0.3 is 24.6 Å². The number of nitrogens with one attached hydrogen (secondary N) is 1. The smallest absolute Gasteiger partial charge is 0.174 e. The van der Waals surface area contributed by atoms with Crippen LogP contribution in [0.25, 0.3) is 0 Å². The molecule has 0 spiro atoms. The van der Waals surface area contributed by atoms with Gasteiger partial charge in [0.25, 0.3) is 0 Å². The number of benzene rings is 1. The zero-order chi connectivity index (χ0) is 24.4. The molecule has 35 heavy (non-hydrogen) atoms. The lowest BCUT2D eigenvalue weighted by Gasteiger charge is -2.28. The number of morpholine rings is 1. The maximum Gasteiger partial charge on any atom is 0.174 e. The zero-order valence-corrected chi connectivity index (χ0v) is 21.2. The molecular formula is C27H33N5O2S. The molecule has 2 aliphatic rings. The summed E-state index contributed by atoms with van der Waals surface area (Å²) < 4.78 is 7.92. The number of nitrogens with zero attached hydrogens (tertiary/aromatic N) is 4. The van der Waals surface area contributed by atoms with Crippen LogP contribution in [0, 0.1) is 13.8 Å². The number of hydrogen-bond acceptors (Lipinski definition) is 5. The van der Waals surface area contributed by atoms with Crippen molar-refractivity contribution in [3.63, 3.8) is 0 Å². The van der Waals surface area contributed by atoms with Crippen LogP contribution in [0.5, 0.6) is 5.75 Å². The molecule has 2 aliphatic heterocycles. The third-order valence-corrected chi connectivity index (χ3v) is 7.43. The largest absolute Gasteiger partial charge is 0.508 e. The predicted octanol–water partition coefficient (Wildman–Crippen LogP) is 4.10. The molecule has 0 aliphatic carbocycles. The van der Waals surface area contributed by atoms with E-state index < -0.39 is 0 Å². The number of aryl methyl sites for hydroxylation is 1. The van der Waals surface area contributed by atoms with Crippen LogP contribution in [0.1, 0.15) is 41.1 Å². The summed E-state index contributed by atoms with van der Waals surface area (Å²) in [6.45, 7) is 10.2. The third-order valence-electron chi connectivity index (χ3n) is 7.12. The van der Waals surface area contributed by atoms with Gasteiger partial charge in [0.2, 0.25) is 0 Å². The topological polar surface area (TPSA) is 65.8 Å². The van der Waals surface area contributed by atoms with Gasteiger partial charge in [-0.25, -0.2) is 0 Å². The summed E-state index contributed by atoms with van der Waals surface area (Å²) >= 11 is 5.84. The number of phenolic OH excluding ortho intramolecular Hbond substituents is 1. The Balaban J connectivity index is 1.46. The molecule has 1 aromatic carbocycles. The van der Waals surface area contributed by atoms with Gasteiger partial charge in [-0.3, -0.25) is 9.88 Å². The zero-order valence-electron chi connectivity index (χ0n) is 20.4. The second-order valence-corrected chi connectivity index (χ2v) is 9.69. The van der Waals surface area contributed by atoms with Crippen molar-refractivity contribution in [3.8, 4) is 5.75 Å². The van der Waals surface area contributed by atoms with Crippen molar-refractivity contribution >= 4 is 23.0 Å². The van der Waals surface area contributed by atoms with Crippen LogP contribution < -0.4 is 10.2 Å². The summed E-state index contributed by atoms with van der Waals surface area (Å²) in [7, 11) is 0. The molecule has 0 bridgehead atoms. The van der Waals surface area contributed by atoms with E-state index >= 15 is 0 Å². The molecule has 0 unspecified atom stereocenters. The van der Waals surface area contributed by atoms with Gasteiger partial charge in [0.1, 0.15) is 5.75 Å². The number of ether oxygens (including phenoxy) is 1. The standard InChI is InChI=1S/C27H33N5O2S/c1-19-18-23(20(2)31(19)13-5-12-30-14-16-34-17-15-30)26-25(24-6-3-4-11-28-24)29-27(35)32(26)21-7-9-22(33)10-8-21/h3-4,6-11,18,25-26,33H,5,12-17H2,1-2H3,(H,29,35)/t25-,26-/m1/s1. The average Bonchev–Trinajstić information content (AvgIpc) is 3.36. The Morgan fingerprint density at radius 3 is 2.57 bits per heavy atom. The van der Waals surface area contributed by atoms with E-state index in [1.807, 2.05) is 30.5 Å². The first kappa shape index (κ1) is 23.8. The summed E-state index contributed by atoms with van der Waals surface area (Å²) in [5, 5.41) is 14.0. The monoisotopic (exact) mass is 491 g/mol. The van der Waals surface area contributed by atoms with Crippen molar-refractivity contribution in [3.05, 3.63) is 77.4 Å². The van der Waals surface area contributed by atoms with E-state index in [1.165, 1.54) is 17.0 Å². The van der Waals surface area contributed by atoms with Gasteiger partial charge in [-0.15, -0.1) is 0 Å². The molecule has 2 saturated heterocycles. The van der Waals surface area contributed by atoms with Crippen LogP contribution in [0.15, 0.2) is 54.7 Å². The number of thiocarbonyl (C=S) groups is 1. The lowest BCUT2D eigenvalue weighted by Crippen LogP contribution is -2.37. The molecule has 2 fully saturated rings. The van der Waals surface area contributed by atoms with Crippen LogP contribution in [-0.4, -0.2) is 57.5 Å². The van der Waals surface area contributed by atoms with E-state index in [2.05, 4.69) is 50.6 Å². The van der Waals surface area contributed by atoms with Crippen LogP contribution in [0.4, 0.5) is 5.69 Å². The van der Waals surface area contributed by atoms with E-state index in [-0.39, 0.29) is 17.8 Å². The van der Waals surface area contributed by atoms with Gasteiger partial charge in [0, 0.05) is 49.5 Å². The Morgan fingerprint density at radius 1 is 1.09 bits per heavy atom. The maximum absolute atomic E-state index is 9.85. The second-order valence-electron chi connectivity index (χ2n) is 9.30. The number of aromatic hydroxyl groups is 1. The Morgan fingerprint density at radius 2 is 1.86 bits per heavy atom. The molecule has 2 atom stereocenters. The van der Waals surface area contributed by atoms with E-state index in [4.69, 9.17) is 17.0 Å². The van der Waals surface area contributed by atoms with Crippen LogP contribution in [-0.2, 0) is 11.3 Å². The van der Waals surface area contributed by atoms with Gasteiger partial charge >= 0.3 is 0 Å². The predicted molar refractivity (Wildman–Crippen MR) is 142 cm³/mol. The second kappa shape index (κ2) is 10.4. The Hall–Kier alpha value is -2.94. The summed E-state index contributed by atoms with van der Waals surface area (Å²) in [5.41, 5.74) is 5.65. The third kappa shape index (κ3) is 4.91. The average molecular weight is 492 g/mol. The summed E-state index contributed by atoms with van der Waals surface area (Å²) in [5.74, 6) is 0.239. The molecule has 5 rings (SSSR count). The number of rotatable bonds is 7. The van der Waals surface area contributed by atoms with Crippen molar-refractivity contribution in [2.24, 2.45) is 0 Å². The fourth-order valence-corrected chi connectivity index (χ4v) is 5.66. The maximum atomic E-state index is 9.85. The number of anilines is 1. The Labute approximate surface area is 212 Å². The molecular weight excluding hydrogens is 458 g/mol. The normalized spacial score (nSPS) is 20.9. The molecule has 3 aromatic rings. The number of aromatic nitrogens is 2. The fourth-order valence-electron chi connectivity index (χ4n) is 5.31. The summed E-state index contributed by atoms with van der Waals surface area (Å²) in [6, 6.07) is 15.4. The van der Waals surface area contributed by atoms with Gasteiger partial charge in [-0.1, -0.05) is 6.07 Å². The number of hydrogen-bond donors (Lipinski definition) is 2. The first-order valence-corrected chi connectivity index (χ1v) is 12.7. The highest BCUT2D eigenvalue weighted by Crippen LogP contribution is 2.43. The van der Waals surface area contributed by atoms with E-state index in [0.717, 1.165) is 57.2 Å². The summed E-state index contributed by atoms with van der Waals surface area (Å²) in [6.07, 6.45) is 2.93. The minimum atomic E-state index is -0.0835. The molecule has 2 N–H and O–H groups in total. The fraction of sp³-hybridized carbons (Fsp3) is 0.407. The quantitative estimate of drug-likeness (QED) is 0.482.